The quantitative estimate of drug-likeness (QED) is 0.274. The van der Waals surface area contributed by atoms with E-state index in [1.54, 1.807) is 0 Å². The van der Waals surface area contributed by atoms with Gasteiger partial charge in [-0.2, -0.15) is 0 Å². The lowest BCUT2D eigenvalue weighted by molar-refractivity contribution is 0.551. The molecule has 0 aliphatic carbocycles. The van der Waals surface area contributed by atoms with Crippen molar-refractivity contribution < 1.29 is 0 Å². The van der Waals surface area contributed by atoms with E-state index < -0.39 is 11.4 Å². The van der Waals surface area contributed by atoms with Gasteiger partial charge in [0.2, 0.25) is 0 Å². The van der Waals surface area contributed by atoms with E-state index in [0.29, 0.717) is 0 Å². The van der Waals surface area contributed by atoms with Gasteiger partial charge in [-0.25, -0.2) is 25.6 Å². The minimum atomic E-state index is -0.607. The molecule has 7 heteroatoms. The molecule has 0 unspecified atom stereocenters. The van der Waals surface area contributed by atoms with Crippen LogP contribution in [0.15, 0.2) is 22.2 Å². The highest BCUT2D eigenvalue weighted by Gasteiger charge is 2.02. The van der Waals surface area contributed by atoms with Gasteiger partial charge in [0, 0.05) is 0 Å². The molecule has 0 amide bonds. The highest BCUT2D eigenvalue weighted by atomic mass is 16.2. The lowest BCUT2D eigenvalue weighted by Gasteiger charge is -2.13. The monoisotopic (exact) mass is 171 g/mol. The fourth-order valence-electron chi connectivity index (χ4n) is 0.720. The first-order valence-electron chi connectivity index (χ1n) is 3.20. The highest BCUT2D eigenvalue weighted by Crippen LogP contribution is 1.70. The molecule has 0 spiro atoms. The molecule has 1 heterocycles. The maximum atomic E-state index is 10.9. The van der Waals surface area contributed by atoms with Crippen molar-refractivity contribution in [1.82, 2.24) is 14.9 Å². The summed E-state index contributed by atoms with van der Waals surface area (Å²) in [5.74, 6) is 5.35. The largest absolute Gasteiger partial charge is 0.365 e. The maximum absolute atomic E-state index is 10.9. The minimum absolute atomic E-state index is 0.258. The number of H-pyrrole nitrogens is 2. The summed E-state index contributed by atoms with van der Waals surface area (Å²) in [4.78, 5) is 24.3. The molecule has 0 aliphatic rings. The van der Waals surface area contributed by atoms with Crippen LogP contribution < -0.4 is 22.3 Å². The van der Waals surface area contributed by atoms with Crippen LogP contribution in [0.5, 0.6) is 0 Å². The third kappa shape index (κ3) is 1.45. The van der Waals surface area contributed by atoms with E-state index in [2.05, 4.69) is 11.7 Å². The van der Waals surface area contributed by atoms with Crippen LogP contribution in [-0.4, -0.2) is 21.4 Å². The van der Waals surface area contributed by atoms with Gasteiger partial charge in [-0.05, 0) is 0 Å². The molecule has 66 valence electrons. The lowest BCUT2D eigenvalue weighted by Crippen LogP contribution is -2.47. The Balaban J connectivity index is 3.01. The molecule has 0 fully saturated rings. The van der Waals surface area contributed by atoms with Crippen molar-refractivity contribution in [3.63, 3.8) is 0 Å². The van der Waals surface area contributed by atoms with E-state index in [1.165, 1.54) is 6.08 Å². The standard InChI is InChI=1S/C5H9N5O2/c1-2-3-9(6)10-5(12)7-4(11)8-10/h2H,1,3,6H2,(H2,7,8,11,12). The van der Waals surface area contributed by atoms with Gasteiger partial charge < -0.3 is 0 Å². The summed E-state index contributed by atoms with van der Waals surface area (Å²) < 4.78 is 0. The Labute approximate surface area is 67.0 Å². The fourth-order valence-corrected chi connectivity index (χ4v) is 0.720. The Hall–Kier alpha value is -1.76. The summed E-state index contributed by atoms with van der Waals surface area (Å²) in [6, 6.07) is 0. The summed E-state index contributed by atoms with van der Waals surface area (Å²) >= 11 is 0. The molecule has 0 atom stereocenters. The van der Waals surface area contributed by atoms with Crippen molar-refractivity contribution in [3.8, 4) is 0 Å². The van der Waals surface area contributed by atoms with E-state index >= 15 is 0 Å². The summed E-state index contributed by atoms with van der Waals surface area (Å²) in [6.45, 7) is 3.68. The van der Waals surface area contributed by atoms with Crippen LogP contribution in [0.3, 0.4) is 0 Å². The van der Waals surface area contributed by atoms with Crippen molar-refractivity contribution in [2.45, 2.75) is 0 Å². The summed E-state index contributed by atoms with van der Waals surface area (Å²) in [5, 5.41) is 3.20. The molecule has 0 aromatic carbocycles. The number of nitrogens with one attached hydrogen (secondary N) is 2. The van der Waals surface area contributed by atoms with Crippen LogP contribution in [0.1, 0.15) is 0 Å². The van der Waals surface area contributed by atoms with Crippen LogP contribution in [0.2, 0.25) is 0 Å². The smallest absolute Gasteiger partial charge is 0.255 e. The number of aromatic amines is 2. The molecule has 1 rings (SSSR count). The third-order valence-electron chi connectivity index (χ3n) is 1.19. The van der Waals surface area contributed by atoms with Crippen molar-refractivity contribution in [2.75, 3.05) is 11.7 Å². The van der Waals surface area contributed by atoms with Crippen molar-refractivity contribution in [3.05, 3.63) is 33.6 Å². The predicted molar refractivity (Wildman–Crippen MR) is 43.1 cm³/mol. The van der Waals surface area contributed by atoms with Gasteiger partial charge in [-0.1, -0.05) is 6.08 Å². The molecule has 1 aromatic heterocycles. The SMILES string of the molecule is C=CCN(N)n1[nH]c(=O)[nH]c1=O. The lowest BCUT2D eigenvalue weighted by atomic mass is 10.6. The number of nitrogens with zero attached hydrogens (tertiary/aromatic N) is 2. The Morgan fingerprint density at radius 3 is 2.75 bits per heavy atom. The summed E-state index contributed by atoms with van der Waals surface area (Å²) in [7, 11) is 0. The van der Waals surface area contributed by atoms with Crippen LogP contribution >= 0.6 is 0 Å². The zero-order chi connectivity index (χ0) is 9.14. The van der Waals surface area contributed by atoms with Crippen molar-refractivity contribution in [1.29, 1.82) is 0 Å². The van der Waals surface area contributed by atoms with Crippen LogP contribution in [0.25, 0.3) is 0 Å². The van der Waals surface area contributed by atoms with Gasteiger partial charge in [-0.3, -0.25) is 4.98 Å². The van der Waals surface area contributed by atoms with Crippen LogP contribution in [-0.2, 0) is 0 Å². The number of rotatable bonds is 3. The Morgan fingerprint density at radius 2 is 2.33 bits per heavy atom. The number of nitrogens with two attached hydrogens (primary N) is 1. The topological polar surface area (TPSA) is 99.9 Å². The van der Waals surface area contributed by atoms with Crippen molar-refractivity contribution in [2.24, 2.45) is 5.84 Å². The first-order chi connectivity index (χ1) is 5.65. The molecular weight excluding hydrogens is 162 g/mol. The van der Waals surface area contributed by atoms with E-state index in [1.807, 2.05) is 4.98 Å². The Bertz CT molecular complexity index is 372. The van der Waals surface area contributed by atoms with E-state index in [4.69, 9.17) is 5.84 Å². The van der Waals surface area contributed by atoms with E-state index in [9.17, 15) is 9.59 Å². The van der Waals surface area contributed by atoms with Gasteiger partial charge in [0.15, 0.2) is 0 Å². The van der Waals surface area contributed by atoms with Crippen molar-refractivity contribution >= 4 is 0 Å². The van der Waals surface area contributed by atoms with Crippen LogP contribution in [0, 0.1) is 0 Å². The first kappa shape index (κ1) is 8.34. The summed E-state index contributed by atoms with van der Waals surface area (Å²) in [5.41, 5.74) is -1.20. The minimum Gasteiger partial charge on any atom is -0.255 e. The van der Waals surface area contributed by atoms with E-state index in [-0.39, 0.29) is 6.54 Å². The second kappa shape index (κ2) is 3.09. The normalized spacial score (nSPS) is 9.75. The molecule has 0 radical (unpaired) electrons. The molecule has 0 aliphatic heterocycles. The molecule has 0 bridgehead atoms. The molecule has 1 aromatic rings. The number of hydrazine groups is 1. The van der Waals surface area contributed by atoms with Gasteiger partial charge in [0.05, 0.1) is 6.54 Å². The molecule has 7 nitrogen and oxygen atoms in total. The van der Waals surface area contributed by atoms with Gasteiger partial charge in [0.1, 0.15) is 0 Å². The zero-order valence-corrected chi connectivity index (χ0v) is 6.28. The average Bonchev–Trinajstić information content (AvgIpc) is 2.30. The molecule has 0 saturated carbocycles. The highest BCUT2D eigenvalue weighted by molar-refractivity contribution is 4.84. The van der Waals surface area contributed by atoms with Crippen LogP contribution in [0.4, 0.5) is 0 Å². The van der Waals surface area contributed by atoms with Gasteiger partial charge >= 0.3 is 11.4 Å². The van der Waals surface area contributed by atoms with E-state index in [0.717, 1.165) is 9.91 Å². The Kier molecular flexibility index (Phi) is 2.15. The number of aromatic nitrogens is 3. The first-order valence-corrected chi connectivity index (χ1v) is 3.20. The molecule has 0 saturated heterocycles. The molecule has 12 heavy (non-hydrogen) atoms. The second-order valence-corrected chi connectivity index (χ2v) is 2.09. The number of hydrogen-bond acceptors (Lipinski definition) is 4. The Morgan fingerprint density at radius 1 is 1.67 bits per heavy atom. The molecular formula is C5H9N5O2. The average molecular weight is 171 g/mol. The van der Waals surface area contributed by atoms with Gasteiger partial charge in [0.25, 0.3) is 0 Å². The molecule has 4 N–H and O–H groups in total. The zero-order valence-electron chi connectivity index (χ0n) is 6.28. The number of hydrogen-bond donors (Lipinski definition) is 3. The predicted octanol–water partition coefficient (Wildman–Crippen LogP) is -2.14. The summed E-state index contributed by atoms with van der Waals surface area (Å²) in [6.07, 6.45) is 1.50. The maximum Gasteiger partial charge on any atom is 0.365 e. The third-order valence-corrected chi connectivity index (χ3v) is 1.19. The second-order valence-electron chi connectivity index (χ2n) is 2.09. The fraction of sp³-hybridized carbons (Fsp3) is 0.200. The van der Waals surface area contributed by atoms with Gasteiger partial charge in [-0.15, -0.1) is 11.4 Å².